The molecular weight excluding hydrogens is 222 g/mol. The van der Waals surface area contributed by atoms with Crippen LogP contribution in [0.1, 0.15) is 17.7 Å². The van der Waals surface area contributed by atoms with Crippen LogP contribution >= 0.6 is 27.3 Å². The zero-order chi connectivity index (χ0) is 7.90. The maximum Gasteiger partial charge on any atom is 0.0701 e. The fourth-order valence-electron chi connectivity index (χ4n) is 1.13. The smallest absolute Gasteiger partial charge is 0.0701 e. The molecule has 1 saturated carbocycles. The van der Waals surface area contributed by atoms with Crippen LogP contribution in [0.4, 0.5) is 0 Å². The van der Waals surface area contributed by atoms with Crippen molar-refractivity contribution in [2.75, 3.05) is 0 Å². The van der Waals surface area contributed by atoms with E-state index >= 15 is 0 Å². The predicted molar refractivity (Wildman–Crippen MR) is 51.9 cm³/mol. The van der Waals surface area contributed by atoms with Crippen LogP contribution in [0.5, 0.6) is 0 Å². The lowest BCUT2D eigenvalue weighted by molar-refractivity contribution is 0.679. The van der Waals surface area contributed by atoms with Gasteiger partial charge in [-0.1, -0.05) is 0 Å². The molecule has 2 rings (SSSR count). The minimum atomic E-state index is 0.157. The summed E-state index contributed by atoms with van der Waals surface area (Å²) in [5.41, 5.74) is 6.14. The van der Waals surface area contributed by atoms with E-state index in [4.69, 9.17) is 5.73 Å². The predicted octanol–water partition coefficient (Wildman–Crippen LogP) is 2.54. The molecule has 1 aliphatic carbocycles. The highest BCUT2D eigenvalue weighted by Gasteiger charge is 2.38. The lowest BCUT2D eigenvalue weighted by atomic mass is 10.2. The van der Waals surface area contributed by atoms with Gasteiger partial charge in [-0.05, 0) is 47.3 Å². The van der Waals surface area contributed by atoms with Crippen LogP contribution in [-0.2, 0) is 6.42 Å². The lowest BCUT2D eigenvalue weighted by Crippen LogP contribution is -2.23. The average Bonchev–Trinajstić information content (AvgIpc) is 2.49. The maximum absolute atomic E-state index is 5.98. The van der Waals surface area contributed by atoms with Crippen molar-refractivity contribution in [3.63, 3.8) is 0 Å². The molecule has 0 amide bonds. The molecule has 0 unspecified atom stereocenters. The Morgan fingerprint density at radius 2 is 2.27 bits per heavy atom. The molecule has 0 saturated heterocycles. The zero-order valence-corrected chi connectivity index (χ0v) is 8.54. The molecule has 0 spiro atoms. The summed E-state index contributed by atoms with van der Waals surface area (Å²) < 4.78 is 1.21. The van der Waals surface area contributed by atoms with E-state index < -0.39 is 0 Å². The first-order valence-electron chi connectivity index (χ1n) is 3.71. The van der Waals surface area contributed by atoms with E-state index in [2.05, 4.69) is 28.1 Å². The summed E-state index contributed by atoms with van der Waals surface area (Å²) in [5.74, 6) is 0. The molecule has 0 aromatic carbocycles. The van der Waals surface area contributed by atoms with Gasteiger partial charge in [0.15, 0.2) is 0 Å². The van der Waals surface area contributed by atoms with Gasteiger partial charge in [0.2, 0.25) is 0 Å². The van der Waals surface area contributed by atoms with Crippen LogP contribution in [0.25, 0.3) is 0 Å². The number of hydrogen-bond donors (Lipinski definition) is 1. The zero-order valence-electron chi connectivity index (χ0n) is 6.14. The molecule has 11 heavy (non-hydrogen) atoms. The van der Waals surface area contributed by atoms with Gasteiger partial charge in [-0.3, -0.25) is 0 Å². The van der Waals surface area contributed by atoms with Gasteiger partial charge in [-0.2, -0.15) is 0 Å². The van der Waals surface area contributed by atoms with Crippen molar-refractivity contribution in [2.45, 2.75) is 24.8 Å². The summed E-state index contributed by atoms with van der Waals surface area (Å²) in [6.45, 7) is 0. The van der Waals surface area contributed by atoms with E-state index in [1.54, 1.807) is 11.3 Å². The minimum Gasteiger partial charge on any atom is -0.325 e. The van der Waals surface area contributed by atoms with Crippen molar-refractivity contribution in [1.29, 1.82) is 0 Å². The molecule has 1 aromatic heterocycles. The quantitative estimate of drug-likeness (QED) is 0.833. The molecular formula is C8H10BrNS. The molecule has 3 heteroatoms. The normalized spacial score (nSPS) is 20.2. The molecule has 2 N–H and O–H groups in total. The van der Waals surface area contributed by atoms with Crippen LogP contribution in [0.3, 0.4) is 0 Å². The Labute approximate surface area is 78.7 Å². The highest BCUT2D eigenvalue weighted by atomic mass is 79.9. The van der Waals surface area contributed by atoms with Crippen molar-refractivity contribution in [1.82, 2.24) is 0 Å². The number of halogens is 1. The number of rotatable bonds is 2. The van der Waals surface area contributed by atoms with Crippen LogP contribution in [0.2, 0.25) is 0 Å². The number of thiophene rings is 1. The van der Waals surface area contributed by atoms with Crippen molar-refractivity contribution >= 4 is 27.3 Å². The average molecular weight is 232 g/mol. The summed E-state index contributed by atoms with van der Waals surface area (Å²) in [7, 11) is 0. The van der Waals surface area contributed by atoms with Gasteiger partial charge in [0.1, 0.15) is 0 Å². The third kappa shape index (κ3) is 1.83. The van der Waals surface area contributed by atoms with E-state index in [0.29, 0.717) is 0 Å². The van der Waals surface area contributed by atoms with Crippen molar-refractivity contribution in [3.8, 4) is 0 Å². The summed E-state index contributed by atoms with van der Waals surface area (Å²) in [6, 6.07) is 4.24. The Morgan fingerprint density at radius 1 is 1.55 bits per heavy atom. The van der Waals surface area contributed by atoms with Gasteiger partial charge < -0.3 is 5.73 Å². The third-order valence-electron chi connectivity index (χ3n) is 2.05. The maximum atomic E-state index is 5.98. The molecule has 0 bridgehead atoms. The Kier molecular flexibility index (Phi) is 1.82. The lowest BCUT2D eigenvalue weighted by Gasteiger charge is -2.04. The molecule has 0 atom stereocenters. The van der Waals surface area contributed by atoms with Gasteiger partial charge in [0.05, 0.1) is 3.79 Å². The van der Waals surface area contributed by atoms with Gasteiger partial charge >= 0.3 is 0 Å². The first-order chi connectivity index (χ1) is 5.18. The number of hydrogen-bond acceptors (Lipinski definition) is 2. The van der Waals surface area contributed by atoms with E-state index in [1.165, 1.54) is 21.5 Å². The standard InChI is InChI=1S/C8H10BrNS/c9-7-2-1-6(11-7)5-8(10)3-4-8/h1-2H,3-5,10H2. The van der Waals surface area contributed by atoms with Crippen molar-refractivity contribution < 1.29 is 0 Å². The van der Waals surface area contributed by atoms with Crippen LogP contribution in [0, 0.1) is 0 Å². The third-order valence-corrected chi connectivity index (χ3v) is 3.67. The van der Waals surface area contributed by atoms with Gasteiger partial charge in [0.25, 0.3) is 0 Å². The van der Waals surface area contributed by atoms with E-state index in [1.807, 2.05) is 0 Å². The van der Waals surface area contributed by atoms with Crippen LogP contribution < -0.4 is 5.73 Å². The molecule has 1 aliphatic rings. The summed E-state index contributed by atoms with van der Waals surface area (Å²) >= 11 is 5.23. The highest BCUT2D eigenvalue weighted by Crippen LogP contribution is 2.37. The molecule has 0 aliphatic heterocycles. The molecule has 1 aromatic rings. The van der Waals surface area contributed by atoms with Gasteiger partial charge in [-0.25, -0.2) is 0 Å². The van der Waals surface area contributed by atoms with Crippen molar-refractivity contribution in [3.05, 3.63) is 20.8 Å². The van der Waals surface area contributed by atoms with Crippen molar-refractivity contribution in [2.24, 2.45) is 5.73 Å². The van der Waals surface area contributed by atoms with Crippen LogP contribution in [0.15, 0.2) is 15.9 Å². The summed E-state index contributed by atoms with van der Waals surface area (Å²) in [4.78, 5) is 1.40. The first-order valence-corrected chi connectivity index (χ1v) is 5.32. The SMILES string of the molecule is NC1(Cc2ccc(Br)s2)CC1. The minimum absolute atomic E-state index is 0.157. The molecule has 1 heterocycles. The molecule has 1 fully saturated rings. The van der Waals surface area contributed by atoms with Gasteiger partial charge in [0, 0.05) is 10.4 Å². The molecule has 1 nitrogen and oxygen atoms in total. The molecule has 60 valence electrons. The summed E-state index contributed by atoms with van der Waals surface area (Å²) in [5, 5.41) is 0. The van der Waals surface area contributed by atoms with Gasteiger partial charge in [-0.15, -0.1) is 11.3 Å². The Bertz CT molecular complexity index is 265. The second-order valence-corrected chi connectivity index (χ2v) is 5.79. The second kappa shape index (κ2) is 2.57. The Balaban J connectivity index is 2.06. The molecule has 0 radical (unpaired) electrons. The summed E-state index contributed by atoms with van der Waals surface area (Å²) in [6.07, 6.45) is 3.45. The van der Waals surface area contributed by atoms with E-state index in [0.717, 1.165) is 6.42 Å². The van der Waals surface area contributed by atoms with E-state index in [-0.39, 0.29) is 5.54 Å². The largest absolute Gasteiger partial charge is 0.325 e. The highest BCUT2D eigenvalue weighted by molar-refractivity contribution is 9.11. The second-order valence-electron chi connectivity index (χ2n) is 3.24. The number of nitrogens with two attached hydrogens (primary N) is 1. The Morgan fingerprint density at radius 3 is 2.73 bits per heavy atom. The van der Waals surface area contributed by atoms with E-state index in [9.17, 15) is 0 Å². The topological polar surface area (TPSA) is 26.0 Å². The monoisotopic (exact) mass is 231 g/mol. The first kappa shape index (κ1) is 7.77. The van der Waals surface area contributed by atoms with Crippen LogP contribution in [-0.4, -0.2) is 5.54 Å². The fourth-order valence-corrected chi connectivity index (χ4v) is 2.77. The fraction of sp³-hybridized carbons (Fsp3) is 0.500. The Hall–Kier alpha value is 0.140.